The highest BCUT2D eigenvalue weighted by Gasteiger charge is 2.28. The van der Waals surface area contributed by atoms with Gasteiger partial charge < -0.3 is 21.1 Å². The Morgan fingerprint density at radius 3 is 2.51 bits per heavy atom. The van der Waals surface area contributed by atoms with Crippen molar-refractivity contribution in [2.24, 2.45) is 15.7 Å². The lowest BCUT2D eigenvalue weighted by molar-refractivity contribution is 0.161. The van der Waals surface area contributed by atoms with Crippen molar-refractivity contribution < 1.29 is 15.3 Å². The maximum atomic E-state index is 9.48. The normalized spacial score (nSPS) is 19.3. The van der Waals surface area contributed by atoms with E-state index in [1.54, 1.807) is 6.20 Å². The third-order valence-corrected chi connectivity index (χ3v) is 7.67. The summed E-state index contributed by atoms with van der Waals surface area (Å²) in [6.45, 7) is 12.7. The van der Waals surface area contributed by atoms with E-state index >= 15 is 0 Å². The second-order valence-electron chi connectivity index (χ2n) is 8.67. The number of hydrogen-bond donors (Lipinski definition) is 4. The zero-order valence-corrected chi connectivity index (χ0v) is 22.7. The molecule has 0 amide bonds. The molecule has 0 aromatic carbocycles. The average molecular weight is 510 g/mol. The number of aliphatic hydroxyl groups is 3. The van der Waals surface area contributed by atoms with Crippen LogP contribution in [-0.4, -0.2) is 110 Å². The standard InChI is InChI=1S/C25H42N4O3S.CH5N/c1-4-23-16-24(25(33-23)6-12-30)22-5-8-29(20(2)15-22)19-21(17-26-3)18-27-7-9-28(10-13-31)11-14-32;1-2/h16-18,20,22,30-32H,3-15,19H2,1-2H3;2H2,1H3/b21-17+,27-18?;. The first kappa shape index (κ1) is 31.6. The number of likely N-dealkylation sites (tertiary alicyclic amines) is 1. The first-order chi connectivity index (χ1) is 17.1. The molecule has 0 spiro atoms. The summed E-state index contributed by atoms with van der Waals surface area (Å²) in [5, 5.41) is 27.7. The van der Waals surface area contributed by atoms with Crippen molar-refractivity contribution in [1.29, 1.82) is 0 Å². The summed E-state index contributed by atoms with van der Waals surface area (Å²) < 4.78 is 0. The van der Waals surface area contributed by atoms with Gasteiger partial charge in [0.2, 0.25) is 0 Å². The van der Waals surface area contributed by atoms with Gasteiger partial charge in [0, 0.05) is 73.0 Å². The molecule has 1 aromatic heterocycles. The summed E-state index contributed by atoms with van der Waals surface area (Å²) in [6.07, 6.45) is 7.71. The molecule has 2 heterocycles. The van der Waals surface area contributed by atoms with Crippen molar-refractivity contribution in [2.75, 3.05) is 66.1 Å². The SMILES string of the molecule is C=N/C=C(\C=NCCN(CCO)CCO)CN1CCC(c2cc(CC)sc2CCO)CC1C.CN. The number of piperidine rings is 1. The van der Waals surface area contributed by atoms with Crippen molar-refractivity contribution in [3.63, 3.8) is 0 Å². The van der Waals surface area contributed by atoms with Crippen LogP contribution in [0.15, 0.2) is 27.8 Å². The second kappa shape index (κ2) is 18.8. The Hall–Kier alpha value is -1.46. The molecule has 1 aromatic rings. The Kier molecular flexibility index (Phi) is 16.9. The highest BCUT2D eigenvalue weighted by atomic mass is 32.1. The molecule has 8 nitrogen and oxygen atoms in total. The third-order valence-electron chi connectivity index (χ3n) is 6.31. The van der Waals surface area contributed by atoms with Crippen LogP contribution in [-0.2, 0) is 12.8 Å². The van der Waals surface area contributed by atoms with E-state index in [1.807, 2.05) is 22.5 Å². The van der Waals surface area contributed by atoms with Crippen LogP contribution in [0, 0.1) is 0 Å². The smallest absolute Gasteiger partial charge is 0.0558 e. The monoisotopic (exact) mass is 509 g/mol. The fraction of sp³-hybridized carbons (Fsp3) is 0.692. The number of rotatable bonds is 15. The molecule has 0 radical (unpaired) electrons. The fourth-order valence-corrected chi connectivity index (χ4v) is 5.70. The van der Waals surface area contributed by atoms with Gasteiger partial charge in [0.05, 0.1) is 19.8 Å². The summed E-state index contributed by atoms with van der Waals surface area (Å²) >= 11 is 1.87. The number of aliphatic hydroxyl groups excluding tert-OH is 3. The molecule has 2 atom stereocenters. The Labute approximate surface area is 215 Å². The zero-order chi connectivity index (χ0) is 26.1. The lowest BCUT2D eigenvalue weighted by Gasteiger charge is -2.38. The van der Waals surface area contributed by atoms with E-state index in [-0.39, 0.29) is 19.8 Å². The molecule has 200 valence electrons. The molecular weight excluding hydrogens is 462 g/mol. The highest BCUT2D eigenvalue weighted by Crippen LogP contribution is 2.37. The quantitative estimate of drug-likeness (QED) is 0.268. The minimum Gasteiger partial charge on any atom is -0.396 e. The molecule has 0 bridgehead atoms. The van der Waals surface area contributed by atoms with Crippen molar-refractivity contribution >= 4 is 24.3 Å². The largest absolute Gasteiger partial charge is 0.396 e. The molecule has 0 saturated carbocycles. The van der Waals surface area contributed by atoms with E-state index in [9.17, 15) is 5.11 Å². The number of thiophene rings is 1. The lowest BCUT2D eigenvalue weighted by Crippen LogP contribution is -2.41. The van der Waals surface area contributed by atoms with Crippen molar-refractivity contribution in [3.8, 4) is 0 Å². The predicted octanol–water partition coefficient (Wildman–Crippen LogP) is 1.93. The summed E-state index contributed by atoms with van der Waals surface area (Å²) in [6, 6.07) is 2.82. The van der Waals surface area contributed by atoms with Crippen molar-refractivity contribution in [3.05, 3.63) is 33.2 Å². The van der Waals surface area contributed by atoms with Gasteiger partial charge in [0.1, 0.15) is 0 Å². The van der Waals surface area contributed by atoms with Crippen LogP contribution >= 0.6 is 11.3 Å². The van der Waals surface area contributed by atoms with E-state index in [1.165, 1.54) is 22.4 Å². The van der Waals surface area contributed by atoms with Gasteiger partial charge >= 0.3 is 0 Å². The molecule has 1 saturated heterocycles. The molecule has 1 fully saturated rings. The highest BCUT2D eigenvalue weighted by molar-refractivity contribution is 7.12. The van der Waals surface area contributed by atoms with Gasteiger partial charge in [0.15, 0.2) is 0 Å². The van der Waals surface area contributed by atoms with E-state index in [0.717, 1.165) is 44.3 Å². The molecule has 35 heavy (non-hydrogen) atoms. The topological polar surface area (TPSA) is 118 Å². The number of nitrogens with zero attached hydrogens (tertiary/aromatic N) is 4. The molecule has 9 heteroatoms. The first-order valence-corrected chi connectivity index (χ1v) is 13.5. The second-order valence-corrected chi connectivity index (χ2v) is 9.89. The van der Waals surface area contributed by atoms with E-state index in [2.05, 4.69) is 47.2 Å². The summed E-state index contributed by atoms with van der Waals surface area (Å²) in [5.41, 5.74) is 6.99. The number of aliphatic imine (C=N–C) groups is 2. The van der Waals surface area contributed by atoms with Crippen LogP contribution in [0.25, 0.3) is 0 Å². The molecule has 1 aliphatic heterocycles. The molecular formula is C26H47N5O3S. The summed E-state index contributed by atoms with van der Waals surface area (Å²) in [7, 11) is 1.50. The van der Waals surface area contributed by atoms with Crippen LogP contribution in [0.3, 0.4) is 0 Å². The van der Waals surface area contributed by atoms with Gasteiger partial charge in [-0.05, 0) is 64.0 Å². The maximum absolute atomic E-state index is 9.48. The van der Waals surface area contributed by atoms with Gasteiger partial charge in [-0.3, -0.25) is 19.8 Å². The molecule has 1 aliphatic rings. The van der Waals surface area contributed by atoms with Gasteiger partial charge in [-0.2, -0.15) is 0 Å². The van der Waals surface area contributed by atoms with Crippen LogP contribution < -0.4 is 5.73 Å². The van der Waals surface area contributed by atoms with Gasteiger partial charge in [0.25, 0.3) is 0 Å². The minimum absolute atomic E-state index is 0.0791. The van der Waals surface area contributed by atoms with Crippen molar-refractivity contribution in [2.45, 2.75) is 51.5 Å². The predicted molar refractivity (Wildman–Crippen MR) is 149 cm³/mol. The van der Waals surface area contributed by atoms with Crippen LogP contribution in [0.2, 0.25) is 0 Å². The molecule has 2 rings (SSSR count). The Morgan fingerprint density at radius 2 is 1.94 bits per heavy atom. The molecule has 2 unspecified atom stereocenters. The summed E-state index contributed by atoms with van der Waals surface area (Å²) in [4.78, 5) is 15.8. The fourth-order valence-electron chi connectivity index (χ4n) is 4.52. The average Bonchev–Trinajstić information content (AvgIpc) is 3.28. The third kappa shape index (κ3) is 11.0. The molecule has 5 N–H and O–H groups in total. The van der Waals surface area contributed by atoms with Crippen LogP contribution in [0.5, 0.6) is 0 Å². The van der Waals surface area contributed by atoms with E-state index in [0.29, 0.717) is 38.1 Å². The Morgan fingerprint density at radius 1 is 1.23 bits per heavy atom. The molecule has 0 aliphatic carbocycles. The maximum Gasteiger partial charge on any atom is 0.0558 e. The van der Waals surface area contributed by atoms with Gasteiger partial charge in [-0.1, -0.05) is 6.92 Å². The van der Waals surface area contributed by atoms with Crippen LogP contribution in [0.4, 0.5) is 0 Å². The van der Waals surface area contributed by atoms with Crippen molar-refractivity contribution in [1.82, 2.24) is 9.80 Å². The first-order valence-electron chi connectivity index (χ1n) is 12.7. The Balaban J connectivity index is 0.00000298. The van der Waals surface area contributed by atoms with Gasteiger partial charge in [-0.25, -0.2) is 0 Å². The van der Waals surface area contributed by atoms with Gasteiger partial charge in [-0.15, -0.1) is 11.3 Å². The lowest BCUT2D eigenvalue weighted by atomic mass is 9.85. The minimum atomic E-state index is 0.0791. The number of hydrogen-bond acceptors (Lipinski definition) is 9. The van der Waals surface area contributed by atoms with E-state index in [4.69, 9.17) is 10.2 Å². The Bertz CT molecular complexity index is 762. The van der Waals surface area contributed by atoms with Crippen LogP contribution in [0.1, 0.15) is 47.9 Å². The number of nitrogens with two attached hydrogens (primary N) is 1. The number of aryl methyl sites for hydroxylation is 1. The van der Waals surface area contributed by atoms with E-state index < -0.39 is 0 Å². The zero-order valence-electron chi connectivity index (χ0n) is 21.9. The summed E-state index contributed by atoms with van der Waals surface area (Å²) in [5.74, 6) is 0.553.